The fourth-order valence-electron chi connectivity index (χ4n) is 4.92. The van der Waals surface area contributed by atoms with Crippen molar-refractivity contribution in [2.45, 2.75) is 81.1 Å². The summed E-state index contributed by atoms with van der Waals surface area (Å²) in [5.74, 6) is 0.0768. The van der Waals surface area contributed by atoms with Crippen LogP contribution in [-0.4, -0.2) is 33.7 Å². The molecule has 0 aliphatic heterocycles. The van der Waals surface area contributed by atoms with Gasteiger partial charge in [0.2, 0.25) is 0 Å². The first-order valence-corrected chi connectivity index (χ1v) is 14.0. The van der Waals surface area contributed by atoms with Crippen LogP contribution in [-0.2, 0) is 11.2 Å². The van der Waals surface area contributed by atoms with Crippen molar-refractivity contribution in [2.24, 2.45) is 5.92 Å². The van der Waals surface area contributed by atoms with E-state index in [1.54, 1.807) is 6.07 Å². The minimum absolute atomic E-state index is 0.0204. The average molecular weight is 528 g/mol. The molecule has 7 heteroatoms. The zero-order valence-electron chi connectivity index (χ0n) is 19.8. The molecule has 188 valence electrons. The van der Waals surface area contributed by atoms with Crippen LogP contribution in [0.1, 0.15) is 96.0 Å². The first kappa shape index (κ1) is 27.5. The van der Waals surface area contributed by atoms with Gasteiger partial charge in [-0.1, -0.05) is 50.5 Å². The number of thiophene rings is 1. The summed E-state index contributed by atoms with van der Waals surface area (Å²) in [6.07, 6.45) is 8.34. The van der Waals surface area contributed by atoms with E-state index in [4.69, 9.17) is 33.0 Å². The highest BCUT2D eigenvalue weighted by Crippen LogP contribution is 2.55. The van der Waals surface area contributed by atoms with Crippen molar-refractivity contribution in [2.75, 3.05) is 13.2 Å². The summed E-state index contributed by atoms with van der Waals surface area (Å²) in [5, 5.41) is 19.3. The Morgan fingerprint density at radius 2 is 1.94 bits per heavy atom. The highest BCUT2D eigenvalue weighted by molar-refractivity contribution is 7.13. The number of alkyl halides is 2. The molecule has 1 heterocycles. The van der Waals surface area contributed by atoms with Crippen LogP contribution in [0.3, 0.4) is 0 Å². The van der Waals surface area contributed by atoms with Crippen molar-refractivity contribution in [3.8, 4) is 0 Å². The van der Waals surface area contributed by atoms with Crippen LogP contribution in [0.4, 0.5) is 0 Å². The summed E-state index contributed by atoms with van der Waals surface area (Å²) < 4.78 is 4.21. The van der Waals surface area contributed by atoms with Gasteiger partial charge >= 0.3 is 5.97 Å². The molecule has 2 N–H and O–H groups in total. The summed E-state index contributed by atoms with van der Waals surface area (Å²) in [7, 11) is 0. The van der Waals surface area contributed by atoms with Gasteiger partial charge in [0, 0.05) is 10.8 Å². The molecule has 4 nitrogen and oxygen atoms in total. The Hall–Kier alpha value is -1.11. The van der Waals surface area contributed by atoms with Crippen molar-refractivity contribution < 1.29 is 19.7 Å². The largest absolute Gasteiger partial charge is 0.459 e. The molecule has 2 aromatic rings. The van der Waals surface area contributed by atoms with Gasteiger partial charge in [-0.25, -0.2) is 4.79 Å². The highest BCUT2D eigenvalue weighted by Gasteiger charge is 2.46. The van der Waals surface area contributed by atoms with Crippen LogP contribution >= 0.6 is 34.5 Å². The van der Waals surface area contributed by atoms with Gasteiger partial charge in [0.05, 0.1) is 12.7 Å². The predicted octanol–water partition coefficient (Wildman–Crippen LogP) is 7.20. The number of esters is 1. The Bertz CT molecular complexity index is 896. The van der Waals surface area contributed by atoms with E-state index in [2.05, 4.69) is 19.1 Å². The van der Waals surface area contributed by atoms with Crippen molar-refractivity contribution >= 4 is 40.5 Å². The Morgan fingerprint density at radius 3 is 2.65 bits per heavy atom. The molecule has 3 rings (SSSR count). The van der Waals surface area contributed by atoms with Gasteiger partial charge in [0.25, 0.3) is 0 Å². The predicted molar refractivity (Wildman–Crippen MR) is 140 cm³/mol. The molecule has 1 aliphatic rings. The number of aliphatic hydroxyl groups excluding tert-OH is 2. The second-order valence-electron chi connectivity index (χ2n) is 9.23. The molecule has 0 saturated heterocycles. The number of benzene rings is 1. The maximum Gasteiger partial charge on any atom is 0.348 e. The number of unbranched alkanes of at least 4 members (excludes halogenated alkanes) is 2. The second kappa shape index (κ2) is 13.3. The summed E-state index contributed by atoms with van der Waals surface area (Å²) in [6, 6.07) is 12.0. The Kier molecular flexibility index (Phi) is 10.7. The molecule has 1 aliphatic carbocycles. The zero-order chi connectivity index (χ0) is 24.6. The number of aliphatic hydroxyl groups is 2. The lowest BCUT2D eigenvalue weighted by Crippen LogP contribution is -2.21. The maximum atomic E-state index is 11.9. The van der Waals surface area contributed by atoms with Crippen LogP contribution in [0.15, 0.2) is 36.4 Å². The molecule has 0 bridgehead atoms. The molecule has 1 unspecified atom stereocenters. The molecule has 0 amide bonds. The fourth-order valence-corrected chi connectivity index (χ4v) is 6.69. The SMILES string of the molecule is CCCCCC(O)c1ccc([C@@H]2[C@@H](CCCc3ccc(C(=O)OCCO)s3)CCC2(Cl)Cl)cc1. The molecule has 1 fully saturated rings. The summed E-state index contributed by atoms with van der Waals surface area (Å²) in [4.78, 5) is 13.7. The van der Waals surface area contributed by atoms with E-state index in [1.807, 2.05) is 18.2 Å². The molecule has 1 aromatic carbocycles. The van der Waals surface area contributed by atoms with Gasteiger partial charge in [0.1, 0.15) is 15.8 Å². The molecular formula is C27H36Cl2O4S. The van der Waals surface area contributed by atoms with Crippen molar-refractivity contribution in [3.05, 3.63) is 57.3 Å². The second-order valence-corrected chi connectivity index (χ2v) is 11.9. The number of rotatable bonds is 13. The maximum absolute atomic E-state index is 11.9. The number of aryl methyl sites for hydroxylation is 1. The molecule has 0 radical (unpaired) electrons. The lowest BCUT2D eigenvalue weighted by atomic mass is 9.84. The average Bonchev–Trinajstić information content (AvgIpc) is 3.41. The third-order valence-corrected chi connectivity index (χ3v) is 8.69. The Morgan fingerprint density at radius 1 is 1.18 bits per heavy atom. The third kappa shape index (κ3) is 7.44. The molecular weight excluding hydrogens is 491 g/mol. The Labute approximate surface area is 217 Å². The van der Waals surface area contributed by atoms with Crippen LogP contribution in [0, 0.1) is 5.92 Å². The standard InChI is InChI=1S/C27H36Cl2O4S/c1-2-3-4-8-23(31)19-9-11-21(12-10-19)25-20(15-16-27(25,28)29)6-5-7-22-13-14-24(34-22)26(32)33-18-17-30/h9-14,20,23,25,30-31H,2-8,15-18H2,1H3/t20-,23?,25-/m0/s1. The molecule has 34 heavy (non-hydrogen) atoms. The van der Waals surface area contributed by atoms with Gasteiger partial charge in [-0.3, -0.25) is 0 Å². The highest BCUT2D eigenvalue weighted by atomic mass is 35.5. The van der Waals surface area contributed by atoms with Crippen LogP contribution < -0.4 is 0 Å². The summed E-state index contributed by atoms with van der Waals surface area (Å²) >= 11 is 15.0. The van der Waals surface area contributed by atoms with E-state index in [-0.39, 0.29) is 25.1 Å². The van der Waals surface area contributed by atoms with Crippen LogP contribution in [0.2, 0.25) is 0 Å². The number of hydrogen-bond donors (Lipinski definition) is 2. The van der Waals surface area contributed by atoms with Gasteiger partial charge < -0.3 is 14.9 Å². The van der Waals surface area contributed by atoms with E-state index >= 15 is 0 Å². The Balaban J connectivity index is 1.57. The zero-order valence-corrected chi connectivity index (χ0v) is 22.2. The van der Waals surface area contributed by atoms with E-state index in [1.165, 1.54) is 11.3 Å². The topological polar surface area (TPSA) is 66.8 Å². The van der Waals surface area contributed by atoms with E-state index in [9.17, 15) is 9.90 Å². The van der Waals surface area contributed by atoms with Gasteiger partial charge in [-0.2, -0.15) is 0 Å². The van der Waals surface area contributed by atoms with E-state index in [0.717, 1.165) is 73.8 Å². The monoisotopic (exact) mass is 526 g/mol. The lowest BCUT2D eigenvalue weighted by Gasteiger charge is -2.28. The number of carbonyl (C=O) groups is 1. The first-order valence-electron chi connectivity index (χ1n) is 12.4. The molecule has 0 spiro atoms. The van der Waals surface area contributed by atoms with Gasteiger partial charge in [0.15, 0.2) is 0 Å². The lowest BCUT2D eigenvalue weighted by molar-refractivity contribution is 0.0439. The number of halogens is 2. The van der Waals surface area contributed by atoms with E-state index < -0.39 is 10.4 Å². The number of hydrogen-bond acceptors (Lipinski definition) is 5. The number of carbonyl (C=O) groups excluding carboxylic acids is 1. The number of ether oxygens (including phenoxy) is 1. The van der Waals surface area contributed by atoms with E-state index in [0.29, 0.717) is 10.8 Å². The van der Waals surface area contributed by atoms with Crippen molar-refractivity contribution in [3.63, 3.8) is 0 Å². The fraction of sp³-hybridized carbons (Fsp3) is 0.593. The van der Waals surface area contributed by atoms with Crippen LogP contribution in [0.25, 0.3) is 0 Å². The van der Waals surface area contributed by atoms with Gasteiger partial charge in [-0.15, -0.1) is 34.5 Å². The first-order chi connectivity index (χ1) is 16.4. The van der Waals surface area contributed by atoms with Crippen LogP contribution in [0.5, 0.6) is 0 Å². The van der Waals surface area contributed by atoms with Gasteiger partial charge in [-0.05, 0) is 67.7 Å². The molecule has 1 aromatic heterocycles. The quantitative estimate of drug-likeness (QED) is 0.164. The third-order valence-electron chi connectivity index (χ3n) is 6.72. The summed E-state index contributed by atoms with van der Waals surface area (Å²) in [5.41, 5.74) is 2.09. The minimum Gasteiger partial charge on any atom is -0.459 e. The molecule has 1 saturated carbocycles. The normalized spacial score (nSPS) is 20.4. The van der Waals surface area contributed by atoms with Crippen molar-refractivity contribution in [1.29, 1.82) is 0 Å². The molecule has 3 atom stereocenters. The minimum atomic E-state index is -0.779. The smallest absolute Gasteiger partial charge is 0.348 e. The van der Waals surface area contributed by atoms with Crippen molar-refractivity contribution in [1.82, 2.24) is 0 Å². The summed E-state index contributed by atoms with van der Waals surface area (Å²) in [6.45, 7) is 2.02.